The molecule has 0 unspecified atom stereocenters. The van der Waals surface area contributed by atoms with Gasteiger partial charge in [0.25, 0.3) is 5.91 Å². The average molecular weight is 322 g/mol. The van der Waals surface area contributed by atoms with Gasteiger partial charge in [-0.25, -0.2) is 4.68 Å². The molecule has 0 aliphatic carbocycles. The molecule has 1 heterocycles. The molecule has 0 atom stereocenters. The Morgan fingerprint density at radius 3 is 2.46 bits per heavy atom. The van der Waals surface area contributed by atoms with Gasteiger partial charge in [-0.05, 0) is 42.8 Å². The minimum atomic E-state index is -0.279. The number of rotatable bonds is 5. The minimum absolute atomic E-state index is 0.279. The van der Waals surface area contributed by atoms with Crippen molar-refractivity contribution < 1.29 is 9.53 Å². The number of amides is 1. The molecule has 3 rings (SSSR count). The van der Waals surface area contributed by atoms with Gasteiger partial charge in [0, 0.05) is 5.69 Å². The van der Waals surface area contributed by atoms with Crippen molar-refractivity contribution in [2.75, 3.05) is 12.4 Å². The summed E-state index contributed by atoms with van der Waals surface area (Å²) in [6.45, 7) is 1.97. The molecule has 0 saturated carbocycles. The molecule has 0 aliphatic heterocycles. The summed E-state index contributed by atoms with van der Waals surface area (Å²) < 4.78 is 6.81. The lowest BCUT2D eigenvalue weighted by molar-refractivity contribution is 0.102. The number of aromatic nitrogens is 3. The van der Waals surface area contributed by atoms with Crippen LogP contribution in [0.5, 0.6) is 5.75 Å². The maximum Gasteiger partial charge on any atom is 0.278 e. The average Bonchev–Trinajstić information content (AvgIpc) is 3.07. The summed E-state index contributed by atoms with van der Waals surface area (Å²) in [5, 5.41) is 11.0. The molecule has 6 heteroatoms. The summed E-state index contributed by atoms with van der Waals surface area (Å²) in [5.74, 6) is 0.455. The Labute approximate surface area is 140 Å². The predicted octanol–water partition coefficient (Wildman–Crippen LogP) is 3.09. The largest absolute Gasteiger partial charge is 0.497 e. The van der Waals surface area contributed by atoms with Gasteiger partial charge < -0.3 is 10.1 Å². The van der Waals surface area contributed by atoms with Crippen molar-refractivity contribution in [1.29, 1.82) is 0 Å². The van der Waals surface area contributed by atoms with Gasteiger partial charge in [0.05, 0.1) is 18.5 Å². The van der Waals surface area contributed by atoms with E-state index in [2.05, 4.69) is 15.6 Å². The van der Waals surface area contributed by atoms with Gasteiger partial charge in [0.2, 0.25) is 0 Å². The summed E-state index contributed by atoms with van der Waals surface area (Å²) >= 11 is 0. The lowest BCUT2D eigenvalue weighted by Gasteiger charge is -2.07. The fourth-order valence-corrected chi connectivity index (χ4v) is 2.44. The van der Waals surface area contributed by atoms with E-state index in [9.17, 15) is 4.79 Å². The van der Waals surface area contributed by atoms with Crippen LogP contribution in [0.25, 0.3) is 5.69 Å². The standard InChI is InChI=1S/C18H18N4O2/c1-3-16-17(20-21-22(16)14-7-5-4-6-8-14)18(23)19-13-9-11-15(24-2)12-10-13/h4-12H,3H2,1-2H3,(H,19,23). The molecule has 1 amide bonds. The monoisotopic (exact) mass is 322 g/mol. The number of methoxy groups -OCH3 is 1. The second-order valence-corrected chi connectivity index (χ2v) is 5.17. The van der Waals surface area contributed by atoms with Crippen LogP contribution in [0.1, 0.15) is 23.1 Å². The summed E-state index contributed by atoms with van der Waals surface area (Å²) in [7, 11) is 1.60. The van der Waals surface area contributed by atoms with Gasteiger partial charge in [-0.15, -0.1) is 5.10 Å². The Bertz CT molecular complexity index is 826. The third-order valence-electron chi connectivity index (χ3n) is 3.66. The van der Waals surface area contributed by atoms with Crippen LogP contribution in [-0.4, -0.2) is 28.0 Å². The van der Waals surface area contributed by atoms with E-state index >= 15 is 0 Å². The minimum Gasteiger partial charge on any atom is -0.497 e. The topological polar surface area (TPSA) is 69.0 Å². The van der Waals surface area contributed by atoms with Crippen molar-refractivity contribution in [3.63, 3.8) is 0 Å². The van der Waals surface area contributed by atoms with Crippen molar-refractivity contribution in [3.05, 3.63) is 66.0 Å². The Hall–Kier alpha value is -3.15. The summed E-state index contributed by atoms with van der Waals surface area (Å²) in [6.07, 6.45) is 0.646. The fourth-order valence-electron chi connectivity index (χ4n) is 2.44. The Morgan fingerprint density at radius 1 is 1.12 bits per heavy atom. The van der Waals surface area contributed by atoms with Crippen LogP contribution < -0.4 is 10.1 Å². The van der Waals surface area contributed by atoms with Crippen molar-refractivity contribution in [1.82, 2.24) is 15.0 Å². The number of carbonyl (C=O) groups is 1. The van der Waals surface area contributed by atoms with E-state index in [1.165, 1.54) is 0 Å². The van der Waals surface area contributed by atoms with Crippen molar-refractivity contribution in [2.45, 2.75) is 13.3 Å². The molecule has 122 valence electrons. The van der Waals surface area contributed by atoms with Crippen LogP contribution in [0.4, 0.5) is 5.69 Å². The molecule has 0 spiro atoms. The van der Waals surface area contributed by atoms with E-state index in [1.54, 1.807) is 36.1 Å². The molecule has 24 heavy (non-hydrogen) atoms. The summed E-state index contributed by atoms with van der Waals surface area (Å²) in [4.78, 5) is 12.5. The van der Waals surface area contributed by atoms with Crippen LogP contribution in [0.2, 0.25) is 0 Å². The molecule has 2 aromatic carbocycles. The van der Waals surface area contributed by atoms with Crippen LogP contribution in [0.3, 0.4) is 0 Å². The lowest BCUT2D eigenvalue weighted by atomic mass is 10.2. The van der Waals surface area contributed by atoms with Gasteiger partial charge in [-0.1, -0.05) is 30.3 Å². The molecule has 6 nitrogen and oxygen atoms in total. The smallest absolute Gasteiger partial charge is 0.278 e. The highest BCUT2D eigenvalue weighted by Crippen LogP contribution is 2.18. The van der Waals surface area contributed by atoms with E-state index in [4.69, 9.17) is 4.74 Å². The van der Waals surface area contributed by atoms with Crippen LogP contribution >= 0.6 is 0 Å². The Balaban J connectivity index is 1.86. The number of nitrogens with zero attached hydrogens (tertiary/aromatic N) is 3. The summed E-state index contributed by atoms with van der Waals surface area (Å²) in [6, 6.07) is 16.8. The number of benzene rings is 2. The number of anilines is 1. The number of ether oxygens (including phenoxy) is 1. The second-order valence-electron chi connectivity index (χ2n) is 5.17. The van der Waals surface area contributed by atoms with Crippen molar-refractivity contribution in [3.8, 4) is 11.4 Å². The first-order chi connectivity index (χ1) is 11.7. The second kappa shape index (κ2) is 6.95. The Kier molecular flexibility index (Phi) is 4.56. The first kappa shape index (κ1) is 15.7. The molecule has 0 aliphatic rings. The zero-order valence-electron chi connectivity index (χ0n) is 13.6. The van der Waals surface area contributed by atoms with E-state index in [0.717, 1.165) is 17.1 Å². The van der Waals surface area contributed by atoms with E-state index in [-0.39, 0.29) is 5.91 Å². The first-order valence-corrected chi connectivity index (χ1v) is 7.68. The highest BCUT2D eigenvalue weighted by Gasteiger charge is 2.19. The number of para-hydroxylation sites is 1. The highest BCUT2D eigenvalue weighted by molar-refractivity contribution is 6.03. The maximum atomic E-state index is 12.5. The fraction of sp³-hybridized carbons (Fsp3) is 0.167. The van der Waals surface area contributed by atoms with Crippen molar-refractivity contribution in [2.24, 2.45) is 0 Å². The van der Waals surface area contributed by atoms with Gasteiger partial charge in [-0.2, -0.15) is 0 Å². The third-order valence-corrected chi connectivity index (χ3v) is 3.66. The number of carbonyl (C=O) groups excluding carboxylic acids is 1. The van der Waals surface area contributed by atoms with Crippen LogP contribution in [0, 0.1) is 0 Å². The van der Waals surface area contributed by atoms with Gasteiger partial charge in [0.15, 0.2) is 5.69 Å². The number of hydrogen-bond donors (Lipinski definition) is 1. The molecule has 0 fully saturated rings. The molecule has 0 radical (unpaired) electrons. The Morgan fingerprint density at radius 2 is 1.83 bits per heavy atom. The highest BCUT2D eigenvalue weighted by atomic mass is 16.5. The van der Waals surface area contributed by atoms with Gasteiger partial charge >= 0.3 is 0 Å². The number of nitrogens with one attached hydrogen (secondary N) is 1. The van der Waals surface area contributed by atoms with Crippen molar-refractivity contribution >= 4 is 11.6 Å². The maximum absolute atomic E-state index is 12.5. The molecular weight excluding hydrogens is 304 g/mol. The predicted molar refractivity (Wildman–Crippen MR) is 91.7 cm³/mol. The summed E-state index contributed by atoms with van der Waals surface area (Å²) in [5.41, 5.74) is 2.66. The SMILES string of the molecule is CCc1c(C(=O)Nc2ccc(OC)cc2)nnn1-c1ccccc1. The van der Waals surface area contributed by atoms with E-state index < -0.39 is 0 Å². The van der Waals surface area contributed by atoms with Crippen LogP contribution in [0.15, 0.2) is 54.6 Å². The molecule has 0 bridgehead atoms. The first-order valence-electron chi connectivity index (χ1n) is 7.68. The zero-order chi connectivity index (χ0) is 16.9. The quantitative estimate of drug-likeness (QED) is 0.784. The zero-order valence-corrected chi connectivity index (χ0v) is 13.6. The molecule has 1 aromatic heterocycles. The van der Waals surface area contributed by atoms with E-state index in [0.29, 0.717) is 17.8 Å². The molecule has 1 N–H and O–H groups in total. The van der Waals surface area contributed by atoms with Gasteiger partial charge in [0.1, 0.15) is 5.75 Å². The third kappa shape index (κ3) is 3.12. The molecule has 0 saturated heterocycles. The molecular formula is C18H18N4O2. The van der Waals surface area contributed by atoms with Crippen LogP contribution in [-0.2, 0) is 6.42 Å². The van der Waals surface area contributed by atoms with Gasteiger partial charge in [-0.3, -0.25) is 4.79 Å². The molecule has 3 aromatic rings. The van der Waals surface area contributed by atoms with E-state index in [1.807, 2.05) is 37.3 Å². The lowest BCUT2D eigenvalue weighted by Crippen LogP contribution is -2.15. The normalized spacial score (nSPS) is 10.4. The number of hydrogen-bond acceptors (Lipinski definition) is 4.